The Balaban J connectivity index is 1.64. The van der Waals surface area contributed by atoms with E-state index in [4.69, 9.17) is 5.10 Å². The van der Waals surface area contributed by atoms with Gasteiger partial charge in [0.1, 0.15) is 5.69 Å². The molecule has 0 bridgehead atoms. The molecular weight excluding hydrogens is 338 g/mol. The van der Waals surface area contributed by atoms with E-state index in [9.17, 15) is 4.79 Å². The molecule has 0 radical (unpaired) electrons. The van der Waals surface area contributed by atoms with Gasteiger partial charge in [0.2, 0.25) is 0 Å². The maximum atomic E-state index is 12.3. The Morgan fingerprint density at radius 1 is 0.963 bits per heavy atom. The molecule has 27 heavy (non-hydrogen) atoms. The van der Waals surface area contributed by atoms with Gasteiger partial charge in [0, 0.05) is 37.1 Å². The molecule has 2 heterocycles. The number of para-hydroxylation sites is 1. The second-order valence-electron chi connectivity index (χ2n) is 6.21. The number of hydrogen-bond donors (Lipinski definition) is 1. The fourth-order valence-electron chi connectivity index (χ4n) is 2.89. The van der Waals surface area contributed by atoms with E-state index in [0.29, 0.717) is 12.2 Å². The number of aromatic nitrogens is 4. The van der Waals surface area contributed by atoms with Gasteiger partial charge in [-0.2, -0.15) is 10.2 Å². The van der Waals surface area contributed by atoms with Crippen LogP contribution in [0.25, 0.3) is 16.9 Å². The van der Waals surface area contributed by atoms with E-state index in [1.54, 1.807) is 24.0 Å². The highest BCUT2D eigenvalue weighted by Crippen LogP contribution is 2.23. The van der Waals surface area contributed by atoms with Crippen molar-refractivity contribution in [1.82, 2.24) is 24.9 Å². The molecule has 0 aliphatic heterocycles. The first-order valence-electron chi connectivity index (χ1n) is 8.68. The summed E-state index contributed by atoms with van der Waals surface area (Å²) >= 11 is 0. The molecule has 4 rings (SSSR count). The number of carbonyl (C=O) groups excluding carboxylic acids is 1. The Morgan fingerprint density at radius 2 is 1.67 bits per heavy atom. The van der Waals surface area contributed by atoms with Crippen molar-refractivity contribution in [2.75, 3.05) is 0 Å². The topological polar surface area (TPSA) is 64.7 Å². The summed E-state index contributed by atoms with van der Waals surface area (Å²) < 4.78 is 3.45. The third-order valence-electron chi connectivity index (χ3n) is 4.24. The van der Waals surface area contributed by atoms with Crippen LogP contribution in [-0.4, -0.2) is 25.5 Å². The maximum Gasteiger partial charge on any atom is 0.272 e. The molecule has 0 saturated heterocycles. The molecule has 6 nitrogen and oxygen atoms in total. The highest BCUT2D eigenvalue weighted by molar-refractivity contribution is 5.92. The van der Waals surface area contributed by atoms with Crippen LogP contribution in [0, 0.1) is 0 Å². The number of rotatable bonds is 5. The van der Waals surface area contributed by atoms with E-state index in [1.807, 2.05) is 71.5 Å². The predicted molar refractivity (Wildman–Crippen MR) is 103 cm³/mol. The minimum Gasteiger partial charge on any atom is -0.346 e. The standard InChI is InChI=1S/C21H19N5O/c1-25-13-12-19(23-25)21(27)22-14-17-15-26(18-10-6-3-7-11-18)24-20(17)16-8-4-2-5-9-16/h2-13,15H,14H2,1H3,(H,22,27). The number of nitrogens with zero attached hydrogens (tertiary/aromatic N) is 4. The van der Waals surface area contributed by atoms with Crippen LogP contribution in [0.5, 0.6) is 0 Å². The van der Waals surface area contributed by atoms with Crippen molar-refractivity contribution in [2.45, 2.75) is 6.54 Å². The van der Waals surface area contributed by atoms with Gasteiger partial charge in [0.05, 0.1) is 11.4 Å². The summed E-state index contributed by atoms with van der Waals surface area (Å²) in [7, 11) is 1.79. The summed E-state index contributed by atoms with van der Waals surface area (Å²) in [5.41, 5.74) is 4.16. The van der Waals surface area contributed by atoms with Crippen LogP contribution in [0.3, 0.4) is 0 Å². The Hall–Kier alpha value is -3.67. The van der Waals surface area contributed by atoms with Gasteiger partial charge in [-0.15, -0.1) is 0 Å². The zero-order chi connectivity index (χ0) is 18.6. The first kappa shape index (κ1) is 16.8. The zero-order valence-electron chi connectivity index (χ0n) is 14.9. The minimum absolute atomic E-state index is 0.206. The van der Waals surface area contributed by atoms with Gasteiger partial charge < -0.3 is 5.32 Å². The summed E-state index contributed by atoms with van der Waals surface area (Å²) in [5.74, 6) is -0.206. The van der Waals surface area contributed by atoms with Gasteiger partial charge in [-0.25, -0.2) is 4.68 Å². The molecule has 0 spiro atoms. The molecule has 4 aromatic rings. The molecule has 0 aliphatic carbocycles. The molecule has 1 amide bonds. The third-order valence-corrected chi connectivity index (χ3v) is 4.24. The van der Waals surface area contributed by atoms with Gasteiger partial charge in [0.15, 0.2) is 0 Å². The van der Waals surface area contributed by atoms with E-state index in [1.165, 1.54) is 0 Å². The van der Waals surface area contributed by atoms with Crippen LogP contribution < -0.4 is 5.32 Å². The van der Waals surface area contributed by atoms with Crippen LogP contribution in [0.15, 0.2) is 79.1 Å². The molecular formula is C21H19N5O. The van der Waals surface area contributed by atoms with Crippen LogP contribution in [0.2, 0.25) is 0 Å². The number of carbonyl (C=O) groups is 1. The highest BCUT2D eigenvalue weighted by Gasteiger charge is 2.14. The third kappa shape index (κ3) is 3.64. The van der Waals surface area contributed by atoms with Gasteiger partial charge >= 0.3 is 0 Å². The predicted octanol–water partition coefficient (Wildman–Crippen LogP) is 3.20. The normalized spacial score (nSPS) is 10.7. The molecule has 2 aromatic carbocycles. The number of amides is 1. The Bertz CT molecular complexity index is 1050. The number of nitrogens with one attached hydrogen (secondary N) is 1. The van der Waals surface area contributed by atoms with E-state index in [-0.39, 0.29) is 5.91 Å². The van der Waals surface area contributed by atoms with Crippen LogP contribution in [-0.2, 0) is 13.6 Å². The largest absolute Gasteiger partial charge is 0.346 e. The first-order valence-corrected chi connectivity index (χ1v) is 8.68. The monoisotopic (exact) mass is 357 g/mol. The Labute approximate surface area is 157 Å². The fraction of sp³-hybridized carbons (Fsp3) is 0.0952. The van der Waals surface area contributed by atoms with Gasteiger partial charge in [-0.05, 0) is 18.2 Å². The van der Waals surface area contributed by atoms with Crippen molar-refractivity contribution in [3.63, 3.8) is 0 Å². The quantitative estimate of drug-likeness (QED) is 0.596. The number of hydrogen-bond acceptors (Lipinski definition) is 3. The van der Waals surface area contributed by atoms with E-state index < -0.39 is 0 Å². The van der Waals surface area contributed by atoms with E-state index in [0.717, 1.165) is 22.5 Å². The SMILES string of the molecule is Cn1ccc(C(=O)NCc2cn(-c3ccccc3)nc2-c2ccccc2)n1. The molecule has 1 N–H and O–H groups in total. The summed E-state index contributed by atoms with van der Waals surface area (Å²) in [6.07, 6.45) is 3.70. The molecule has 6 heteroatoms. The first-order chi connectivity index (χ1) is 13.2. The molecule has 134 valence electrons. The van der Waals surface area contributed by atoms with E-state index in [2.05, 4.69) is 10.4 Å². The second-order valence-corrected chi connectivity index (χ2v) is 6.21. The summed E-state index contributed by atoms with van der Waals surface area (Å²) in [6, 6.07) is 21.6. The van der Waals surface area contributed by atoms with Crippen molar-refractivity contribution in [3.8, 4) is 16.9 Å². The minimum atomic E-state index is -0.206. The molecule has 0 unspecified atom stereocenters. The molecule has 0 atom stereocenters. The zero-order valence-corrected chi connectivity index (χ0v) is 14.9. The van der Waals surface area contributed by atoms with Crippen molar-refractivity contribution in [2.24, 2.45) is 7.05 Å². The van der Waals surface area contributed by atoms with Crippen molar-refractivity contribution in [3.05, 3.63) is 90.4 Å². The summed E-state index contributed by atoms with van der Waals surface area (Å²) in [4.78, 5) is 12.3. The average molecular weight is 357 g/mol. The summed E-state index contributed by atoms with van der Waals surface area (Å²) in [6.45, 7) is 0.368. The molecule has 0 fully saturated rings. The van der Waals surface area contributed by atoms with Gasteiger partial charge in [-0.3, -0.25) is 9.48 Å². The van der Waals surface area contributed by atoms with Crippen molar-refractivity contribution >= 4 is 5.91 Å². The van der Waals surface area contributed by atoms with Crippen LogP contribution in [0.4, 0.5) is 0 Å². The average Bonchev–Trinajstić information content (AvgIpc) is 3.34. The Morgan fingerprint density at radius 3 is 2.33 bits per heavy atom. The lowest BCUT2D eigenvalue weighted by molar-refractivity contribution is 0.0945. The van der Waals surface area contributed by atoms with Crippen LogP contribution >= 0.6 is 0 Å². The smallest absolute Gasteiger partial charge is 0.272 e. The van der Waals surface area contributed by atoms with Gasteiger partial charge in [0.25, 0.3) is 5.91 Å². The lowest BCUT2D eigenvalue weighted by Crippen LogP contribution is -2.23. The van der Waals surface area contributed by atoms with E-state index >= 15 is 0 Å². The number of aryl methyl sites for hydroxylation is 1. The summed E-state index contributed by atoms with van der Waals surface area (Å²) in [5, 5.41) is 11.8. The number of benzene rings is 2. The maximum absolute atomic E-state index is 12.3. The lowest BCUT2D eigenvalue weighted by atomic mass is 10.1. The van der Waals surface area contributed by atoms with Crippen molar-refractivity contribution in [1.29, 1.82) is 0 Å². The fourth-order valence-corrected chi connectivity index (χ4v) is 2.89. The van der Waals surface area contributed by atoms with Crippen molar-refractivity contribution < 1.29 is 4.79 Å². The molecule has 0 saturated carbocycles. The molecule has 2 aromatic heterocycles. The van der Waals surface area contributed by atoms with Gasteiger partial charge in [-0.1, -0.05) is 48.5 Å². The molecule has 0 aliphatic rings. The second kappa shape index (κ2) is 7.29. The lowest BCUT2D eigenvalue weighted by Gasteiger charge is -2.04. The Kier molecular flexibility index (Phi) is 4.53. The van der Waals surface area contributed by atoms with Crippen LogP contribution in [0.1, 0.15) is 16.1 Å². The highest BCUT2D eigenvalue weighted by atomic mass is 16.1.